The molecule has 5 heteroatoms. The summed E-state index contributed by atoms with van der Waals surface area (Å²) in [4.78, 5) is 13.8. The van der Waals surface area contributed by atoms with Gasteiger partial charge in [-0.2, -0.15) is 0 Å². The van der Waals surface area contributed by atoms with Gasteiger partial charge in [-0.15, -0.1) is 0 Å². The van der Waals surface area contributed by atoms with Crippen LogP contribution in [0.25, 0.3) is 0 Å². The molecule has 0 bridgehead atoms. The smallest absolute Gasteiger partial charge is 0.319 e. The van der Waals surface area contributed by atoms with Gasteiger partial charge in [0.05, 0.1) is 6.10 Å². The number of aliphatic hydroxyl groups is 1. The molecule has 0 saturated carbocycles. The highest BCUT2D eigenvalue weighted by molar-refractivity contribution is 5.90. The molecule has 0 aliphatic heterocycles. The van der Waals surface area contributed by atoms with Crippen molar-refractivity contribution in [3.05, 3.63) is 23.8 Å². The van der Waals surface area contributed by atoms with E-state index in [2.05, 4.69) is 10.6 Å². The molecule has 3 N–H and O–H groups in total. The topological polar surface area (TPSA) is 64.6 Å². The van der Waals surface area contributed by atoms with Crippen molar-refractivity contribution in [3.63, 3.8) is 0 Å². The minimum atomic E-state index is -0.483. The summed E-state index contributed by atoms with van der Waals surface area (Å²) in [5, 5.41) is 15.0. The van der Waals surface area contributed by atoms with E-state index in [0.717, 1.165) is 23.4 Å². The number of carbonyl (C=O) groups excluding carboxylic acids is 1. The molecule has 20 heavy (non-hydrogen) atoms. The van der Waals surface area contributed by atoms with Crippen LogP contribution in [-0.4, -0.2) is 37.9 Å². The van der Waals surface area contributed by atoms with Gasteiger partial charge in [0.1, 0.15) is 0 Å². The van der Waals surface area contributed by atoms with Crippen LogP contribution in [0.5, 0.6) is 0 Å². The molecular weight excluding hydrogens is 254 g/mol. The molecule has 5 nitrogen and oxygen atoms in total. The van der Waals surface area contributed by atoms with E-state index in [0.29, 0.717) is 6.42 Å². The van der Waals surface area contributed by atoms with Crippen LogP contribution >= 0.6 is 0 Å². The van der Waals surface area contributed by atoms with E-state index < -0.39 is 6.10 Å². The van der Waals surface area contributed by atoms with Gasteiger partial charge in [0.15, 0.2) is 0 Å². The van der Waals surface area contributed by atoms with Gasteiger partial charge in [0, 0.05) is 32.0 Å². The Labute approximate surface area is 121 Å². The minimum absolute atomic E-state index is 0.272. The highest BCUT2D eigenvalue weighted by Gasteiger charge is 2.08. The lowest BCUT2D eigenvalue weighted by molar-refractivity contribution is 0.162. The Morgan fingerprint density at radius 2 is 2.10 bits per heavy atom. The number of urea groups is 1. The first-order valence-corrected chi connectivity index (χ1v) is 6.95. The highest BCUT2D eigenvalue weighted by Crippen LogP contribution is 2.21. The van der Waals surface area contributed by atoms with Crippen LogP contribution in [0, 0.1) is 6.92 Å². The average molecular weight is 279 g/mol. The molecule has 1 atom stereocenters. The van der Waals surface area contributed by atoms with E-state index in [1.165, 1.54) is 0 Å². The quantitative estimate of drug-likeness (QED) is 0.749. The minimum Gasteiger partial charge on any atom is -0.391 e. The molecule has 0 aliphatic rings. The lowest BCUT2D eigenvalue weighted by Crippen LogP contribution is -2.35. The number of nitrogens with zero attached hydrogens (tertiary/aromatic N) is 1. The number of amides is 2. The third-order valence-corrected chi connectivity index (χ3v) is 3.09. The van der Waals surface area contributed by atoms with Crippen molar-refractivity contribution in [2.75, 3.05) is 30.9 Å². The summed E-state index contributed by atoms with van der Waals surface area (Å²) in [5.41, 5.74) is 2.87. The third kappa shape index (κ3) is 5.09. The van der Waals surface area contributed by atoms with Crippen molar-refractivity contribution in [3.8, 4) is 0 Å². The normalized spacial score (nSPS) is 11.8. The second kappa shape index (κ2) is 7.75. The molecule has 0 fully saturated rings. The molecule has 1 rings (SSSR count). The van der Waals surface area contributed by atoms with Crippen molar-refractivity contribution in [1.82, 2.24) is 5.32 Å². The number of hydrogen-bond donors (Lipinski definition) is 3. The lowest BCUT2D eigenvalue weighted by atomic mass is 10.1. The summed E-state index contributed by atoms with van der Waals surface area (Å²) in [7, 11) is 3.95. The van der Waals surface area contributed by atoms with Gasteiger partial charge in [-0.1, -0.05) is 13.3 Å². The Morgan fingerprint density at radius 1 is 1.40 bits per heavy atom. The Kier molecular flexibility index (Phi) is 6.31. The fraction of sp³-hybridized carbons (Fsp3) is 0.533. The summed E-state index contributed by atoms with van der Waals surface area (Å²) < 4.78 is 0. The molecule has 0 saturated heterocycles. The summed E-state index contributed by atoms with van der Waals surface area (Å²) in [6.45, 7) is 4.22. The third-order valence-electron chi connectivity index (χ3n) is 3.09. The molecule has 0 aromatic heterocycles. The van der Waals surface area contributed by atoms with Gasteiger partial charge in [-0.05, 0) is 37.1 Å². The van der Waals surface area contributed by atoms with Gasteiger partial charge < -0.3 is 20.6 Å². The number of hydrogen-bond acceptors (Lipinski definition) is 3. The van der Waals surface area contributed by atoms with Gasteiger partial charge in [0.2, 0.25) is 0 Å². The summed E-state index contributed by atoms with van der Waals surface area (Å²) in [6, 6.07) is 5.56. The first-order chi connectivity index (χ1) is 9.43. The fourth-order valence-corrected chi connectivity index (χ4v) is 1.88. The molecule has 0 aliphatic carbocycles. The Hall–Kier alpha value is -1.75. The highest BCUT2D eigenvalue weighted by atomic mass is 16.3. The largest absolute Gasteiger partial charge is 0.391 e. The lowest BCUT2D eigenvalue weighted by Gasteiger charge is -2.16. The van der Waals surface area contributed by atoms with Crippen molar-refractivity contribution in [2.45, 2.75) is 32.8 Å². The van der Waals surface area contributed by atoms with Crippen LogP contribution in [-0.2, 0) is 0 Å². The second-order valence-corrected chi connectivity index (χ2v) is 5.17. The van der Waals surface area contributed by atoms with Gasteiger partial charge in [-0.3, -0.25) is 0 Å². The maximum absolute atomic E-state index is 11.7. The molecule has 0 radical (unpaired) electrons. The Morgan fingerprint density at radius 3 is 2.65 bits per heavy atom. The zero-order valence-electron chi connectivity index (χ0n) is 12.7. The van der Waals surface area contributed by atoms with Crippen LogP contribution in [0.15, 0.2) is 18.2 Å². The van der Waals surface area contributed by atoms with Gasteiger partial charge in [-0.25, -0.2) is 4.79 Å². The van der Waals surface area contributed by atoms with Crippen LogP contribution in [0.1, 0.15) is 25.3 Å². The summed E-state index contributed by atoms with van der Waals surface area (Å²) in [6.07, 6.45) is 1.11. The van der Waals surface area contributed by atoms with E-state index in [9.17, 15) is 9.90 Å². The Bertz CT molecular complexity index is 447. The maximum Gasteiger partial charge on any atom is 0.319 e. The van der Waals surface area contributed by atoms with Crippen molar-refractivity contribution in [2.24, 2.45) is 0 Å². The molecule has 2 amide bonds. The molecular formula is C15H25N3O2. The molecule has 0 spiro atoms. The second-order valence-electron chi connectivity index (χ2n) is 5.17. The fourth-order valence-electron chi connectivity index (χ4n) is 1.88. The van der Waals surface area contributed by atoms with Crippen LogP contribution in [0.2, 0.25) is 0 Å². The Balaban J connectivity index is 2.54. The number of anilines is 2. The standard InChI is InChI=1S/C15H25N3O2/c1-5-6-13(19)10-16-15(20)17-14-8-7-12(18(3)4)9-11(14)2/h7-9,13,19H,5-6,10H2,1-4H3,(H2,16,17,20). The SMILES string of the molecule is CCCC(O)CNC(=O)Nc1ccc(N(C)C)cc1C. The monoisotopic (exact) mass is 279 g/mol. The van der Waals surface area contributed by atoms with E-state index >= 15 is 0 Å². The van der Waals surface area contributed by atoms with Crippen LogP contribution in [0.4, 0.5) is 16.2 Å². The van der Waals surface area contributed by atoms with Crippen LogP contribution in [0.3, 0.4) is 0 Å². The van der Waals surface area contributed by atoms with E-state index in [1.807, 2.05) is 51.0 Å². The van der Waals surface area contributed by atoms with Crippen molar-refractivity contribution in [1.29, 1.82) is 0 Å². The molecule has 112 valence electrons. The molecule has 1 aromatic rings. The molecule has 1 aromatic carbocycles. The van der Waals surface area contributed by atoms with Gasteiger partial charge >= 0.3 is 6.03 Å². The van der Waals surface area contributed by atoms with Crippen molar-refractivity contribution < 1.29 is 9.90 Å². The first-order valence-electron chi connectivity index (χ1n) is 6.95. The van der Waals surface area contributed by atoms with E-state index in [4.69, 9.17) is 0 Å². The number of rotatable bonds is 6. The zero-order valence-corrected chi connectivity index (χ0v) is 12.7. The predicted octanol–water partition coefficient (Wildman–Crippen LogP) is 2.34. The number of aliphatic hydroxyl groups excluding tert-OH is 1. The van der Waals surface area contributed by atoms with E-state index in [-0.39, 0.29) is 12.6 Å². The first kappa shape index (κ1) is 16.3. The predicted molar refractivity (Wildman–Crippen MR) is 83.4 cm³/mol. The summed E-state index contributed by atoms with van der Waals surface area (Å²) in [5.74, 6) is 0. The molecule has 0 heterocycles. The number of nitrogens with one attached hydrogen (secondary N) is 2. The average Bonchev–Trinajstić information content (AvgIpc) is 2.39. The number of carbonyl (C=O) groups is 1. The number of aryl methyl sites for hydroxylation is 1. The summed E-state index contributed by atoms with van der Waals surface area (Å²) >= 11 is 0. The zero-order chi connectivity index (χ0) is 15.1. The van der Waals surface area contributed by atoms with Crippen molar-refractivity contribution >= 4 is 17.4 Å². The molecule has 1 unspecified atom stereocenters. The maximum atomic E-state index is 11.7. The van der Waals surface area contributed by atoms with Gasteiger partial charge in [0.25, 0.3) is 0 Å². The van der Waals surface area contributed by atoms with E-state index in [1.54, 1.807) is 0 Å². The van der Waals surface area contributed by atoms with Crippen LogP contribution < -0.4 is 15.5 Å². The number of benzene rings is 1.